The van der Waals surface area contributed by atoms with Crippen LogP contribution in [0.4, 0.5) is 0 Å². The maximum absolute atomic E-state index is 13.7. The number of benzene rings is 2. The van der Waals surface area contributed by atoms with E-state index in [-0.39, 0.29) is 31.0 Å². The summed E-state index contributed by atoms with van der Waals surface area (Å²) in [5, 5.41) is 8.68. The molecule has 0 radical (unpaired) electrons. The predicted octanol–water partition coefficient (Wildman–Crippen LogP) is 2.34. The zero-order valence-corrected chi connectivity index (χ0v) is 21.4. The smallest absolute Gasteiger partial charge is 0.338 e. The number of nitriles is 1. The number of carbonyl (C=O) groups excluding carboxylic acids is 1. The Bertz CT molecular complexity index is 1550. The number of fused-ring (bicyclic) bond motifs is 1. The Morgan fingerprint density at radius 3 is 2.62 bits per heavy atom. The van der Waals surface area contributed by atoms with E-state index in [0.717, 1.165) is 5.56 Å². The van der Waals surface area contributed by atoms with Gasteiger partial charge in [0.2, 0.25) is 0 Å². The second-order valence-corrected chi connectivity index (χ2v) is 8.98. The highest BCUT2D eigenvalue weighted by Crippen LogP contribution is 2.35. The third kappa shape index (κ3) is 5.48. The lowest BCUT2D eigenvalue weighted by molar-refractivity contribution is -0.140. The van der Waals surface area contributed by atoms with E-state index < -0.39 is 12.0 Å². The maximum Gasteiger partial charge on any atom is 0.338 e. The van der Waals surface area contributed by atoms with Crippen LogP contribution in [0.25, 0.3) is 6.08 Å². The maximum atomic E-state index is 13.7. The first-order chi connectivity index (χ1) is 18.0. The van der Waals surface area contributed by atoms with Gasteiger partial charge < -0.3 is 18.9 Å². The summed E-state index contributed by atoms with van der Waals surface area (Å²) in [5.74, 6) is 0.520. The highest BCUT2D eigenvalue weighted by molar-refractivity contribution is 7.07. The quantitative estimate of drug-likeness (QED) is 0.315. The summed E-state index contributed by atoms with van der Waals surface area (Å²) in [5.41, 5.74) is 1.85. The van der Waals surface area contributed by atoms with Crippen molar-refractivity contribution in [3.63, 3.8) is 0 Å². The molecule has 1 atom stereocenters. The summed E-state index contributed by atoms with van der Waals surface area (Å²) < 4.78 is 23.3. The van der Waals surface area contributed by atoms with Crippen LogP contribution in [0, 0.1) is 11.3 Å². The number of methoxy groups -OCH3 is 2. The summed E-state index contributed by atoms with van der Waals surface area (Å²) in [4.78, 5) is 32.0. The number of rotatable bonds is 9. The van der Waals surface area contributed by atoms with Crippen LogP contribution >= 0.6 is 11.3 Å². The number of aromatic nitrogens is 1. The minimum atomic E-state index is -0.786. The monoisotopic (exact) mass is 519 g/mol. The third-order valence-electron chi connectivity index (χ3n) is 5.68. The molecule has 0 saturated carbocycles. The SMILES string of the molecule is COCCOC(=O)C1=C(C)N=c2sc(=Cc3ccc(OCC#N)cc3)c(=O)n2C1c1ccccc1OC. The van der Waals surface area contributed by atoms with Gasteiger partial charge >= 0.3 is 5.97 Å². The second-order valence-electron chi connectivity index (χ2n) is 7.97. The number of allylic oxidation sites excluding steroid dienone is 1. The molecule has 0 spiro atoms. The number of ether oxygens (including phenoxy) is 4. The van der Waals surface area contributed by atoms with Crippen molar-refractivity contribution in [2.24, 2.45) is 4.99 Å². The fraction of sp³-hybridized carbons (Fsp3) is 0.259. The van der Waals surface area contributed by atoms with Crippen LogP contribution in [0.15, 0.2) is 69.6 Å². The van der Waals surface area contributed by atoms with Gasteiger partial charge in [0.25, 0.3) is 5.56 Å². The molecule has 0 saturated heterocycles. The van der Waals surface area contributed by atoms with E-state index in [4.69, 9.17) is 24.2 Å². The minimum absolute atomic E-state index is 0.0452. The van der Waals surface area contributed by atoms with E-state index in [0.29, 0.717) is 32.1 Å². The van der Waals surface area contributed by atoms with E-state index in [9.17, 15) is 9.59 Å². The van der Waals surface area contributed by atoms with Crippen LogP contribution < -0.4 is 24.4 Å². The van der Waals surface area contributed by atoms with Gasteiger partial charge in [-0.15, -0.1) is 0 Å². The standard InChI is InChI=1S/C27H25N3O6S/c1-17-23(26(32)36-15-14-33-2)24(20-6-4-5-7-21(20)34-3)30-25(31)22(37-27(30)29-17)16-18-8-10-19(11-9-18)35-13-12-28/h4-11,16,24H,13-15H2,1-3H3. The average Bonchev–Trinajstić information content (AvgIpc) is 3.21. The highest BCUT2D eigenvalue weighted by Gasteiger charge is 2.35. The molecule has 2 heterocycles. The van der Waals surface area contributed by atoms with E-state index in [2.05, 4.69) is 4.99 Å². The second kappa shape index (κ2) is 11.7. The lowest BCUT2D eigenvalue weighted by atomic mass is 9.95. The number of esters is 1. The molecule has 1 unspecified atom stereocenters. The van der Waals surface area contributed by atoms with Crippen molar-refractivity contribution >= 4 is 23.4 Å². The van der Waals surface area contributed by atoms with Gasteiger partial charge in [0.1, 0.15) is 30.2 Å². The van der Waals surface area contributed by atoms with Gasteiger partial charge in [0, 0.05) is 12.7 Å². The molecule has 0 N–H and O–H groups in total. The molecule has 0 amide bonds. The number of hydrogen-bond acceptors (Lipinski definition) is 9. The third-order valence-corrected chi connectivity index (χ3v) is 6.66. The highest BCUT2D eigenvalue weighted by atomic mass is 32.1. The van der Waals surface area contributed by atoms with Gasteiger partial charge in [-0.2, -0.15) is 5.26 Å². The van der Waals surface area contributed by atoms with Crippen molar-refractivity contribution in [3.8, 4) is 17.6 Å². The summed E-state index contributed by atoms with van der Waals surface area (Å²) in [6.45, 7) is 2.00. The summed E-state index contributed by atoms with van der Waals surface area (Å²) >= 11 is 1.23. The zero-order valence-electron chi connectivity index (χ0n) is 20.6. The molecule has 190 valence electrons. The van der Waals surface area contributed by atoms with Crippen molar-refractivity contribution in [2.45, 2.75) is 13.0 Å². The number of para-hydroxylation sites is 1. The fourth-order valence-electron chi connectivity index (χ4n) is 3.99. The van der Waals surface area contributed by atoms with Gasteiger partial charge in [-0.1, -0.05) is 41.7 Å². The summed E-state index contributed by atoms with van der Waals surface area (Å²) in [6, 6.07) is 15.5. The number of nitrogens with zero attached hydrogens (tertiary/aromatic N) is 3. The van der Waals surface area contributed by atoms with Gasteiger partial charge in [-0.05, 0) is 36.8 Å². The molecular weight excluding hydrogens is 494 g/mol. The first kappa shape index (κ1) is 25.9. The predicted molar refractivity (Wildman–Crippen MR) is 137 cm³/mol. The summed E-state index contributed by atoms with van der Waals surface area (Å²) in [6.07, 6.45) is 1.76. The molecule has 4 rings (SSSR count). The molecule has 0 fully saturated rings. The molecule has 1 aliphatic heterocycles. The zero-order chi connectivity index (χ0) is 26.4. The van der Waals surface area contributed by atoms with E-state index in [1.165, 1.54) is 23.0 Å². The number of thiazole rings is 1. The van der Waals surface area contributed by atoms with Crippen LogP contribution in [-0.2, 0) is 14.3 Å². The largest absolute Gasteiger partial charge is 0.496 e. The molecule has 9 nitrogen and oxygen atoms in total. The molecule has 3 aromatic rings. The van der Waals surface area contributed by atoms with Crippen molar-refractivity contribution < 1.29 is 23.7 Å². The molecule has 2 aromatic carbocycles. The first-order valence-electron chi connectivity index (χ1n) is 11.4. The molecule has 0 aliphatic carbocycles. The number of carbonyl (C=O) groups is 1. The Labute approximate surface area is 217 Å². The van der Waals surface area contributed by atoms with Crippen LogP contribution in [0.5, 0.6) is 11.5 Å². The number of hydrogen-bond donors (Lipinski definition) is 0. The Morgan fingerprint density at radius 2 is 1.92 bits per heavy atom. The van der Waals surface area contributed by atoms with Gasteiger partial charge in [-0.25, -0.2) is 9.79 Å². The lowest BCUT2D eigenvalue weighted by Gasteiger charge is -2.26. The van der Waals surface area contributed by atoms with Crippen LogP contribution in [0.3, 0.4) is 0 Å². The summed E-state index contributed by atoms with van der Waals surface area (Å²) in [7, 11) is 3.06. The fourth-order valence-corrected chi connectivity index (χ4v) is 5.04. The van der Waals surface area contributed by atoms with Crippen molar-refractivity contribution in [2.75, 3.05) is 34.0 Å². The van der Waals surface area contributed by atoms with Gasteiger partial charge in [0.05, 0.1) is 29.5 Å². The molecule has 1 aromatic heterocycles. The van der Waals surface area contributed by atoms with E-state index in [1.807, 2.05) is 24.3 Å². The van der Waals surface area contributed by atoms with Crippen LogP contribution in [0.1, 0.15) is 24.1 Å². The normalized spacial score (nSPS) is 15.0. The molecule has 0 bridgehead atoms. The Balaban J connectivity index is 1.84. The van der Waals surface area contributed by atoms with Crippen LogP contribution in [-0.4, -0.2) is 44.6 Å². The average molecular weight is 520 g/mol. The molecule has 37 heavy (non-hydrogen) atoms. The minimum Gasteiger partial charge on any atom is -0.496 e. The van der Waals surface area contributed by atoms with E-state index in [1.54, 1.807) is 50.4 Å². The first-order valence-corrected chi connectivity index (χ1v) is 12.2. The van der Waals surface area contributed by atoms with E-state index >= 15 is 0 Å². The lowest BCUT2D eigenvalue weighted by Crippen LogP contribution is -2.40. The van der Waals surface area contributed by atoms with Crippen molar-refractivity contribution in [1.82, 2.24) is 4.57 Å². The van der Waals surface area contributed by atoms with Crippen molar-refractivity contribution in [1.29, 1.82) is 5.26 Å². The molecule has 1 aliphatic rings. The van der Waals surface area contributed by atoms with Crippen LogP contribution in [0.2, 0.25) is 0 Å². The Morgan fingerprint density at radius 1 is 1.16 bits per heavy atom. The van der Waals surface area contributed by atoms with Gasteiger partial charge in [0.15, 0.2) is 11.4 Å². The molecular formula is C27H25N3O6S. The Kier molecular flexibility index (Phi) is 8.18. The topological polar surface area (TPSA) is 112 Å². The van der Waals surface area contributed by atoms with Gasteiger partial charge in [-0.3, -0.25) is 9.36 Å². The Hall–Kier alpha value is -4.20. The molecule has 10 heteroatoms. The van der Waals surface area contributed by atoms with Crippen molar-refractivity contribution in [3.05, 3.63) is 90.6 Å².